The van der Waals surface area contributed by atoms with Gasteiger partial charge in [-0.3, -0.25) is 9.69 Å². The van der Waals surface area contributed by atoms with E-state index in [4.69, 9.17) is 17.3 Å². The Hall–Kier alpha value is -0.620. The Labute approximate surface area is 103 Å². The molecule has 3 N–H and O–H groups in total. The minimum atomic E-state index is -0.269. The van der Waals surface area contributed by atoms with E-state index in [2.05, 4.69) is 10.2 Å². The summed E-state index contributed by atoms with van der Waals surface area (Å²) >= 11 is 7.42. The van der Waals surface area contributed by atoms with Crippen LogP contribution in [-0.2, 0) is 11.3 Å². The molecule has 1 aliphatic heterocycles. The minimum absolute atomic E-state index is 0.213. The van der Waals surface area contributed by atoms with Crippen LogP contribution in [0.4, 0.5) is 0 Å². The Balaban J connectivity index is 2.03. The SMILES string of the molecule is NC(=O)C1CNCCN1Cc1ccc(Cl)s1. The third-order valence-corrected chi connectivity index (χ3v) is 3.89. The molecule has 2 heterocycles. The van der Waals surface area contributed by atoms with Gasteiger partial charge in [-0.2, -0.15) is 0 Å². The molecule has 1 aliphatic rings. The third kappa shape index (κ3) is 2.74. The Morgan fingerprint density at radius 2 is 2.50 bits per heavy atom. The fourth-order valence-corrected chi connectivity index (χ4v) is 2.97. The van der Waals surface area contributed by atoms with E-state index in [0.29, 0.717) is 6.54 Å². The summed E-state index contributed by atoms with van der Waals surface area (Å²) in [5.74, 6) is -0.269. The Morgan fingerprint density at radius 1 is 1.69 bits per heavy atom. The summed E-state index contributed by atoms with van der Waals surface area (Å²) in [6, 6.07) is 3.66. The summed E-state index contributed by atoms with van der Waals surface area (Å²) in [5, 5.41) is 3.17. The topological polar surface area (TPSA) is 58.4 Å². The van der Waals surface area contributed by atoms with E-state index in [-0.39, 0.29) is 11.9 Å². The number of halogens is 1. The summed E-state index contributed by atoms with van der Waals surface area (Å²) in [7, 11) is 0. The molecule has 2 rings (SSSR count). The minimum Gasteiger partial charge on any atom is -0.368 e. The fourth-order valence-electron chi connectivity index (χ4n) is 1.85. The molecule has 4 nitrogen and oxygen atoms in total. The highest BCUT2D eigenvalue weighted by Gasteiger charge is 2.26. The number of hydrogen-bond acceptors (Lipinski definition) is 4. The van der Waals surface area contributed by atoms with Crippen molar-refractivity contribution in [1.29, 1.82) is 0 Å². The van der Waals surface area contributed by atoms with Crippen LogP contribution in [0.25, 0.3) is 0 Å². The van der Waals surface area contributed by atoms with E-state index in [9.17, 15) is 4.79 Å². The van der Waals surface area contributed by atoms with Gasteiger partial charge in [-0.1, -0.05) is 11.6 Å². The van der Waals surface area contributed by atoms with Gasteiger partial charge >= 0.3 is 0 Å². The highest BCUT2D eigenvalue weighted by molar-refractivity contribution is 7.16. The molecule has 1 saturated heterocycles. The van der Waals surface area contributed by atoms with Crippen molar-refractivity contribution < 1.29 is 4.79 Å². The first-order valence-corrected chi connectivity index (χ1v) is 6.34. The van der Waals surface area contributed by atoms with Crippen LogP contribution in [0.1, 0.15) is 4.88 Å². The number of nitrogens with zero attached hydrogens (tertiary/aromatic N) is 1. The summed E-state index contributed by atoms with van der Waals surface area (Å²) in [6.45, 7) is 3.10. The molecule has 0 bridgehead atoms. The molecule has 0 aliphatic carbocycles. The highest BCUT2D eigenvalue weighted by atomic mass is 35.5. The summed E-state index contributed by atoms with van der Waals surface area (Å²) in [6.07, 6.45) is 0. The first kappa shape index (κ1) is 11.9. The average molecular weight is 260 g/mol. The number of rotatable bonds is 3. The van der Waals surface area contributed by atoms with E-state index in [1.807, 2.05) is 12.1 Å². The number of piperazine rings is 1. The smallest absolute Gasteiger partial charge is 0.236 e. The molecule has 88 valence electrons. The number of amides is 1. The van der Waals surface area contributed by atoms with Crippen molar-refractivity contribution in [1.82, 2.24) is 10.2 Å². The monoisotopic (exact) mass is 259 g/mol. The normalized spacial score (nSPS) is 22.2. The molecule has 1 amide bonds. The molecule has 1 unspecified atom stereocenters. The van der Waals surface area contributed by atoms with Gasteiger partial charge in [0.25, 0.3) is 0 Å². The second-order valence-electron chi connectivity index (χ2n) is 3.80. The van der Waals surface area contributed by atoms with Crippen LogP contribution < -0.4 is 11.1 Å². The van der Waals surface area contributed by atoms with Gasteiger partial charge in [0.15, 0.2) is 0 Å². The number of nitrogens with two attached hydrogens (primary N) is 1. The lowest BCUT2D eigenvalue weighted by molar-refractivity contribution is -0.124. The lowest BCUT2D eigenvalue weighted by atomic mass is 10.2. The van der Waals surface area contributed by atoms with Crippen LogP contribution in [0.3, 0.4) is 0 Å². The quantitative estimate of drug-likeness (QED) is 0.839. The van der Waals surface area contributed by atoms with Crippen molar-refractivity contribution in [3.8, 4) is 0 Å². The van der Waals surface area contributed by atoms with E-state index < -0.39 is 0 Å². The first-order valence-electron chi connectivity index (χ1n) is 5.15. The van der Waals surface area contributed by atoms with Gasteiger partial charge in [0.2, 0.25) is 5.91 Å². The maximum atomic E-state index is 11.3. The van der Waals surface area contributed by atoms with Crippen molar-refractivity contribution in [3.63, 3.8) is 0 Å². The Morgan fingerprint density at radius 3 is 3.12 bits per heavy atom. The number of thiophene rings is 1. The number of nitrogens with one attached hydrogen (secondary N) is 1. The average Bonchev–Trinajstić information content (AvgIpc) is 2.64. The van der Waals surface area contributed by atoms with Gasteiger partial charge < -0.3 is 11.1 Å². The van der Waals surface area contributed by atoms with E-state index >= 15 is 0 Å². The van der Waals surface area contributed by atoms with E-state index in [1.54, 1.807) is 11.3 Å². The van der Waals surface area contributed by atoms with Crippen molar-refractivity contribution in [2.75, 3.05) is 19.6 Å². The van der Waals surface area contributed by atoms with Crippen LogP contribution >= 0.6 is 22.9 Å². The van der Waals surface area contributed by atoms with E-state index in [0.717, 1.165) is 28.8 Å². The second kappa shape index (κ2) is 5.14. The fraction of sp³-hybridized carbons (Fsp3) is 0.500. The molecule has 16 heavy (non-hydrogen) atoms. The van der Waals surface area contributed by atoms with Gasteiger partial charge in [-0.05, 0) is 12.1 Å². The van der Waals surface area contributed by atoms with Gasteiger partial charge in [0.05, 0.1) is 4.34 Å². The molecular weight excluding hydrogens is 246 g/mol. The van der Waals surface area contributed by atoms with Crippen LogP contribution in [0.2, 0.25) is 4.34 Å². The van der Waals surface area contributed by atoms with Gasteiger partial charge in [-0.25, -0.2) is 0 Å². The van der Waals surface area contributed by atoms with E-state index in [1.165, 1.54) is 0 Å². The number of hydrogen-bond donors (Lipinski definition) is 2. The zero-order valence-electron chi connectivity index (χ0n) is 8.78. The molecule has 1 fully saturated rings. The summed E-state index contributed by atoms with van der Waals surface area (Å²) < 4.78 is 0.778. The number of primary amides is 1. The second-order valence-corrected chi connectivity index (χ2v) is 5.60. The zero-order valence-corrected chi connectivity index (χ0v) is 10.4. The molecule has 0 spiro atoms. The Bertz CT molecular complexity index is 382. The zero-order chi connectivity index (χ0) is 11.5. The molecule has 1 aromatic rings. The molecule has 0 radical (unpaired) electrons. The van der Waals surface area contributed by atoms with Crippen LogP contribution in [0.15, 0.2) is 12.1 Å². The number of carbonyl (C=O) groups is 1. The standard InChI is InChI=1S/C10H14ClN3OS/c11-9-2-1-7(16-9)6-14-4-3-13-5-8(14)10(12)15/h1-2,8,13H,3-6H2,(H2,12,15). The predicted octanol–water partition coefficient (Wildman–Crippen LogP) is 0.661. The summed E-state index contributed by atoms with van der Waals surface area (Å²) in [5.41, 5.74) is 5.37. The van der Waals surface area contributed by atoms with Crippen molar-refractivity contribution in [2.45, 2.75) is 12.6 Å². The Kier molecular flexibility index (Phi) is 3.81. The maximum Gasteiger partial charge on any atom is 0.236 e. The van der Waals surface area contributed by atoms with Crippen LogP contribution in [0.5, 0.6) is 0 Å². The largest absolute Gasteiger partial charge is 0.368 e. The lowest BCUT2D eigenvalue weighted by Gasteiger charge is -2.33. The third-order valence-electron chi connectivity index (χ3n) is 2.67. The van der Waals surface area contributed by atoms with Gasteiger partial charge in [-0.15, -0.1) is 11.3 Å². The summed E-state index contributed by atoms with van der Waals surface area (Å²) in [4.78, 5) is 14.5. The van der Waals surface area contributed by atoms with Crippen LogP contribution in [0, 0.1) is 0 Å². The number of carbonyl (C=O) groups excluding carboxylic acids is 1. The predicted molar refractivity (Wildman–Crippen MR) is 65.6 cm³/mol. The van der Waals surface area contributed by atoms with Crippen molar-refractivity contribution >= 4 is 28.8 Å². The highest BCUT2D eigenvalue weighted by Crippen LogP contribution is 2.23. The molecule has 0 aromatic carbocycles. The molecule has 1 aromatic heterocycles. The molecule has 6 heteroatoms. The molecule has 1 atom stereocenters. The van der Waals surface area contributed by atoms with Crippen molar-refractivity contribution in [3.05, 3.63) is 21.3 Å². The van der Waals surface area contributed by atoms with Crippen LogP contribution in [-0.4, -0.2) is 36.5 Å². The van der Waals surface area contributed by atoms with Gasteiger partial charge in [0, 0.05) is 31.1 Å². The first-order chi connectivity index (χ1) is 7.66. The van der Waals surface area contributed by atoms with Gasteiger partial charge in [0.1, 0.15) is 6.04 Å². The molecular formula is C10H14ClN3OS. The maximum absolute atomic E-state index is 11.3. The van der Waals surface area contributed by atoms with Crippen molar-refractivity contribution in [2.24, 2.45) is 5.73 Å². The molecule has 0 saturated carbocycles. The lowest BCUT2D eigenvalue weighted by Crippen LogP contribution is -2.56.